The van der Waals surface area contributed by atoms with E-state index >= 15 is 0 Å². The van der Waals surface area contributed by atoms with Crippen molar-refractivity contribution in [3.05, 3.63) is 29.8 Å². The lowest BCUT2D eigenvalue weighted by molar-refractivity contribution is -0.134. The molecule has 0 saturated carbocycles. The molecule has 1 saturated heterocycles. The number of hydrogen-bond donors (Lipinski definition) is 0. The molecule has 102 valence electrons. The van der Waals surface area contributed by atoms with Gasteiger partial charge in [-0.25, -0.2) is 0 Å². The molecule has 1 aromatic rings. The minimum Gasteiger partial charge on any atom is -0.497 e. The number of ketones is 1. The van der Waals surface area contributed by atoms with Gasteiger partial charge in [-0.15, -0.1) is 0 Å². The van der Waals surface area contributed by atoms with Gasteiger partial charge in [-0.1, -0.05) is 12.1 Å². The Bertz CT molecular complexity index is 443. The Morgan fingerprint density at radius 3 is 2.42 bits per heavy atom. The second kappa shape index (κ2) is 6.36. The molecule has 4 heteroatoms. The second-order valence-electron chi connectivity index (χ2n) is 4.77. The predicted molar refractivity (Wildman–Crippen MR) is 72.1 cm³/mol. The van der Waals surface area contributed by atoms with Crippen LogP contribution in [-0.2, 0) is 16.0 Å². The molecule has 0 spiro atoms. The first-order valence-electron chi connectivity index (χ1n) is 6.61. The highest BCUT2D eigenvalue weighted by molar-refractivity contribution is 5.83. The van der Waals surface area contributed by atoms with Crippen molar-refractivity contribution in [2.75, 3.05) is 20.2 Å². The van der Waals surface area contributed by atoms with Crippen molar-refractivity contribution in [2.45, 2.75) is 25.7 Å². The average Bonchev–Trinajstić information content (AvgIpc) is 2.46. The molecular weight excluding hydrogens is 242 g/mol. The molecule has 1 heterocycles. The molecule has 19 heavy (non-hydrogen) atoms. The number of carbonyl (C=O) groups excluding carboxylic acids is 2. The molecule has 0 aliphatic carbocycles. The number of carbonyl (C=O) groups is 2. The van der Waals surface area contributed by atoms with Gasteiger partial charge in [-0.2, -0.15) is 0 Å². The zero-order chi connectivity index (χ0) is 13.7. The van der Waals surface area contributed by atoms with Gasteiger partial charge in [0.25, 0.3) is 0 Å². The molecule has 0 N–H and O–H groups in total. The fraction of sp³-hybridized carbons (Fsp3) is 0.467. The van der Waals surface area contributed by atoms with Gasteiger partial charge in [0, 0.05) is 32.4 Å². The van der Waals surface area contributed by atoms with Gasteiger partial charge in [0.2, 0.25) is 5.91 Å². The lowest BCUT2D eigenvalue weighted by Gasteiger charge is -2.26. The zero-order valence-corrected chi connectivity index (χ0v) is 11.2. The summed E-state index contributed by atoms with van der Waals surface area (Å²) < 4.78 is 5.09. The Hall–Kier alpha value is -1.84. The second-order valence-corrected chi connectivity index (χ2v) is 4.77. The lowest BCUT2D eigenvalue weighted by atomic mass is 10.1. The van der Waals surface area contributed by atoms with Crippen LogP contribution >= 0.6 is 0 Å². The van der Waals surface area contributed by atoms with Crippen LogP contribution in [-0.4, -0.2) is 36.8 Å². The van der Waals surface area contributed by atoms with Gasteiger partial charge >= 0.3 is 0 Å². The zero-order valence-electron chi connectivity index (χ0n) is 11.2. The number of aryl methyl sites for hydroxylation is 1. The van der Waals surface area contributed by atoms with Crippen LogP contribution in [0.3, 0.4) is 0 Å². The van der Waals surface area contributed by atoms with E-state index in [-0.39, 0.29) is 11.7 Å². The highest BCUT2D eigenvalue weighted by atomic mass is 16.5. The SMILES string of the molecule is COc1ccc(CCC(=O)N2CCC(=O)CC2)cc1. The summed E-state index contributed by atoms with van der Waals surface area (Å²) in [5.41, 5.74) is 1.13. The topological polar surface area (TPSA) is 46.6 Å². The molecule has 1 aliphatic heterocycles. The van der Waals surface area contributed by atoms with E-state index in [1.807, 2.05) is 24.3 Å². The predicted octanol–water partition coefficient (Wildman–Crippen LogP) is 1.82. The van der Waals surface area contributed by atoms with Crippen LogP contribution in [0.25, 0.3) is 0 Å². The van der Waals surface area contributed by atoms with Gasteiger partial charge < -0.3 is 9.64 Å². The van der Waals surface area contributed by atoms with Crippen molar-refractivity contribution in [1.29, 1.82) is 0 Å². The molecule has 1 aromatic carbocycles. The van der Waals surface area contributed by atoms with Crippen LogP contribution < -0.4 is 4.74 Å². The third-order valence-corrected chi connectivity index (χ3v) is 3.46. The van der Waals surface area contributed by atoms with E-state index in [0.29, 0.717) is 32.4 Å². The van der Waals surface area contributed by atoms with Gasteiger partial charge in [-0.05, 0) is 24.1 Å². The monoisotopic (exact) mass is 261 g/mol. The average molecular weight is 261 g/mol. The van der Waals surface area contributed by atoms with Crippen molar-refractivity contribution in [2.24, 2.45) is 0 Å². The maximum atomic E-state index is 12.0. The smallest absolute Gasteiger partial charge is 0.222 e. The molecule has 1 aliphatic rings. The third kappa shape index (κ3) is 3.81. The van der Waals surface area contributed by atoms with Crippen LogP contribution in [0.1, 0.15) is 24.8 Å². The summed E-state index contributed by atoms with van der Waals surface area (Å²) in [4.78, 5) is 24.9. The number of amides is 1. The summed E-state index contributed by atoms with van der Waals surface area (Å²) in [7, 11) is 1.64. The van der Waals surface area contributed by atoms with E-state index in [2.05, 4.69) is 0 Å². The number of benzene rings is 1. The van der Waals surface area contributed by atoms with Crippen LogP contribution in [0.15, 0.2) is 24.3 Å². The van der Waals surface area contributed by atoms with E-state index in [1.165, 1.54) is 0 Å². The maximum absolute atomic E-state index is 12.0. The fourth-order valence-electron chi connectivity index (χ4n) is 2.21. The number of piperidine rings is 1. The molecular formula is C15H19NO3. The summed E-state index contributed by atoms with van der Waals surface area (Å²) >= 11 is 0. The van der Waals surface area contributed by atoms with Crippen LogP contribution in [0.2, 0.25) is 0 Å². The Balaban J connectivity index is 1.80. The molecule has 0 unspecified atom stereocenters. The summed E-state index contributed by atoms with van der Waals surface area (Å²) in [5, 5.41) is 0. The molecule has 2 rings (SSSR count). The van der Waals surface area contributed by atoms with Crippen molar-refractivity contribution in [3.63, 3.8) is 0 Å². The van der Waals surface area contributed by atoms with E-state index in [1.54, 1.807) is 12.0 Å². The molecule has 0 atom stereocenters. The third-order valence-electron chi connectivity index (χ3n) is 3.46. The van der Waals surface area contributed by atoms with E-state index in [4.69, 9.17) is 4.74 Å². The minimum atomic E-state index is 0.142. The number of rotatable bonds is 4. The Morgan fingerprint density at radius 1 is 1.21 bits per heavy atom. The maximum Gasteiger partial charge on any atom is 0.222 e. The molecule has 0 bridgehead atoms. The first-order valence-corrected chi connectivity index (χ1v) is 6.61. The van der Waals surface area contributed by atoms with Crippen LogP contribution in [0.4, 0.5) is 0 Å². The molecule has 4 nitrogen and oxygen atoms in total. The number of likely N-dealkylation sites (tertiary alicyclic amines) is 1. The highest BCUT2D eigenvalue weighted by Crippen LogP contribution is 2.14. The van der Waals surface area contributed by atoms with Crippen molar-refractivity contribution in [1.82, 2.24) is 4.90 Å². The number of ether oxygens (including phenoxy) is 1. The normalized spacial score (nSPS) is 15.4. The molecule has 0 aromatic heterocycles. The Kier molecular flexibility index (Phi) is 4.55. The van der Waals surface area contributed by atoms with Gasteiger partial charge in [0.1, 0.15) is 11.5 Å². The first-order chi connectivity index (χ1) is 9.19. The lowest BCUT2D eigenvalue weighted by Crippen LogP contribution is -2.38. The van der Waals surface area contributed by atoms with Crippen molar-refractivity contribution < 1.29 is 14.3 Å². The van der Waals surface area contributed by atoms with Crippen LogP contribution in [0.5, 0.6) is 5.75 Å². The molecule has 0 radical (unpaired) electrons. The van der Waals surface area contributed by atoms with E-state index in [0.717, 1.165) is 17.7 Å². The first kappa shape index (κ1) is 13.6. The van der Waals surface area contributed by atoms with Crippen molar-refractivity contribution in [3.8, 4) is 5.75 Å². The van der Waals surface area contributed by atoms with Crippen LogP contribution in [0, 0.1) is 0 Å². The van der Waals surface area contributed by atoms with E-state index < -0.39 is 0 Å². The number of hydrogen-bond acceptors (Lipinski definition) is 3. The van der Waals surface area contributed by atoms with E-state index in [9.17, 15) is 9.59 Å². The quantitative estimate of drug-likeness (QED) is 0.830. The molecule has 1 amide bonds. The summed E-state index contributed by atoms with van der Waals surface area (Å²) in [5.74, 6) is 1.23. The number of nitrogens with zero attached hydrogens (tertiary/aromatic N) is 1. The minimum absolute atomic E-state index is 0.142. The highest BCUT2D eigenvalue weighted by Gasteiger charge is 2.20. The Morgan fingerprint density at radius 2 is 1.84 bits per heavy atom. The standard InChI is InChI=1S/C15H19NO3/c1-19-14-5-2-12(3-6-14)4-7-15(18)16-10-8-13(17)9-11-16/h2-3,5-6H,4,7-11H2,1H3. The fourth-order valence-corrected chi connectivity index (χ4v) is 2.21. The summed E-state index contributed by atoms with van der Waals surface area (Å²) in [6.45, 7) is 1.17. The summed E-state index contributed by atoms with van der Waals surface area (Å²) in [6, 6.07) is 7.76. The number of Topliss-reactive ketones (excluding diaryl/α,β-unsaturated/α-hetero) is 1. The van der Waals surface area contributed by atoms with Gasteiger partial charge in [-0.3, -0.25) is 9.59 Å². The van der Waals surface area contributed by atoms with Gasteiger partial charge in [0.05, 0.1) is 7.11 Å². The van der Waals surface area contributed by atoms with Gasteiger partial charge in [0.15, 0.2) is 0 Å². The molecule has 1 fully saturated rings. The van der Waals surface area contributed by atoms with Crippen molar-refractivity contribution >= 4 is 11.7 Å². The number of methoxy groups -OCH3 is 1. The Labute approximate surface area is 113 Å². The summed E-state index contributed by atoms with van der Waals surface area (Å²) in [6.07, 6.45) is 2.25. The largest absolute Gasteiger partial charge is 0.497 e.